The van der Waals surface area contributed by atoms with E-state index in [-0.39, 0.29) is 6.04 Å². The zero-order valence-electron chi connectivity index (χ0n) is 14.0. The predicted octanol–water partition coefficient (Wildman–Crippen LogP) is 4.52. The molecule has 1 unspecified atom stereocenters. The van der Waals surface area contributed by atoms with Crippen LogP contribution in [0.2, 0.25) is 5.02 Å². The molecule has 1 saturated heterocycles. The molecule has 0 spiro atoms. The van der Waals surface area contributed by atoms with Crippen molar-refractivity contribution in [1.29, 1.82) is 0 Å². The first-order valence-corrected chi connectivity index (χ1v) is 9.56. The summed E-state index contributed by atoms with van der Waals surface area (Å²) < 4.78 is 1.00. The van der Waals surface area contributed by atoms with Crippen LogP contribution in [-0.2, 0) is 0 Å². The van der Waals surface area contributed by atoms with Crippen LogP contribution in [0.25, 0.3) is 0 Å². The second-order valence-corrected chi connectivity index (χ2v) is 8.01. The predicted molar refractivity (Wildman–Crippen MR) is 103 cm³/mol. The summed E-state index contributed by atoms with van der Waals surface area (Å²) in [5, 5.41) is 4.40. The lowest BCUT2D eigenvalue weighted by molar-refractivity contribution is 0.142. The molecule has 1 fully saturated rings. The topological polar surface area (TPSA) is 28.2 Å². The Kier molecular flexibility index (Phi) is 5.93. The molecule has 2 aromatic rings. The first-order chi connectivity index (χ1) is 11.5. The van der Waals surface area contributed by atoms with Crippen molar-refractivity contribution in [2.75, 3.05) is 19.6 Å². The molecule has 1 aliphatic heterocycles. The average Bonchev–Trinajstić information content (AvgIpc) is 2.59. The number of hydrogen-bond acceptors (Lipinski definition) is 3. The van der Waals surface area contributed by atoms with Crippen LogP contribution in [0.4, 0.5) is 0 Å². The zero-order chi connectivity index (χ0) is 17.1. The minimum Gasteiger partial charge on any atom is -0.311 e. The molecular formula is C19H23BrClN3. The Morgan fingerprint density at radius 1 is 1.21 bits per heavy atom. The normalized spacial score (nSPS) is 20.3. The van der Waals surface area contributed by atoms with Crippen LogP contribution in [0, 0.1) is 5.92 Å². The molecule has 0 saturated carbocycles. The summed E-state index contributed by atoms with van der Waals surface area (Å²) in [5.74, 6) is 0.608. The Bertz CT molecular complexity index is 612. The van der Waals surface area contributed by atoms with Crippen molar-refractivity contribution < 1.29 is 0 Å². The van der Waals surface area contributed by atoms with Gasteiger partial charge in [0.25, 0.3) is 0 Å². The number of nitrogens with zero attached hydrogens (tertiary/aromatic N) is 2. The highest BCUT2D eigenvalue weighted by atomic mass is 79.9. The van der Waals surface area contributed by atoms with Gasteiger partial charge in [0.2, 0.25) is 0 Å². The van der Waals surface area contributed by atoms with Gasteiger partial charge >= 0.3 is 0 Å². The van der Waals surface area contributed by atoms with Crippen LogP contribution >= 0.6 is 27.5 Å². The molecule has 1 N–H and O–H groups in total. The number of aromatic nitrogens is 1. The molecule has 5 heteroatoms. The number of rotatable bonds is 4. The summed E-state index contributed by atoms with van der Waals surface area (Å²) in [4.78, 5) is 7.21. The van der Waals surface area contributed by atoms with Crippen LogP contribution in [-0.4, -0.2) is 35.6 Å². The van der Waals surface area contributed by atoms with E-state index in [2.05, 4.69) is 69.2 Å². The molecule has 1 aromatic carbocycles. The van der Waals surface area contributed by atoms with Gasteiger partial charge < -0.3 is 5.32 Å². The molecule has 3 rings (SSSR count). The van der Waals surface area contributed by atoms with E-state index in [4.69, 9.17) is 11.6 Å². The third-order valence-corrected chi connectivity index (χ3v) is 5.34. The lowest BCUT2D eigenvalue weighted by Gasteiger charge is -2.40. The van der Waals surface area contributed by atoms with Gasteiger partial charge in [-0.3, -0.25) is 9.88 Å². The Morgan fingerprint density at radius 3 is 2.58 bits per heavy atom. The van der Waals surface area contributed by atoms with E-state index in [0.717, 1.165) is 34.8 Å². The molecule has 0 bridgehead atoms. The molecule has 2 atom stereocenters. The molecule has 0 aliphatic carbocycles. The molecule has 2 heterocycles. The average molecular weight is 409 g/mol. The van der Waals surface area contributed by atoms with Crippen molar-refractivity contribution in [2.45, 2.75) is 25.9 Å². The molecule has 0 amide bonds. The van der Waals surface area contributed by atoms with E-state index >= 15 is 0 Å². The van der Waals surface area contributed by atoms with Gasteiger partial charge in [0, 0.05) is 41.4 Å². The second kappa shape index (κ2) is 7.96. The van der Waals surface area contributed by atoms with Crippen molar-refractivity contribution in [3.8, 4) is 0 Å². The third kappa shape index (κ3) is 4.17. The monoisotopic (exact) mass is 407 g/mol. The van der Waals surface area contributed by atoms with E-state index in [1.54, 1.807) is 0 Å². The van der Waals surface area contributed by atoms with Gasteiger partial charge in [0.05, 0.1) is 11.7 Å². The standard InChI is InChI=1S/C19H23BrClN3/c1-13(2)18-12-24(10-9-22-18)19(14-3-6-16(21)7-4-14)17-8-5-15(20)11-23-17/h3-8,11,13,18-19,22H,9-10,12H2,1-2H3/t18-,19?/m1/s1. The van der Waals surface area contributed by atoms with Gasteiger partial charge in [0.1, 0.15) is 0 Å². The minimum atomic E-state index is 0.152. The first-order valence-electron chi connectivity index (χ1n) is 8.39. The number of halogens is 2. The van der Waals surface area contributed by atoms with Gasteiger partial charge in [-0.25, -0.2) is 0 Å². The zero-order valence-corrected chi connectivity index (χ0v) is 16.4. The van der Waals surface area contributed by atoms with Gasteiger partial charge in [-0.2, -0.15) is 0 Å². The van der Waals surface area contributed by atoms with E-state index in [1.165, 1.54) is 5.56 Å². The minimum absolute atomic E-state index is 0.152. The molecule has 1 aliphatic rings. The number of nitrogens with one attached hydrogen (secondary N) is 1. The van der Waals surface area contributed by atoms with Crippen LogP contribution in [0.1, 0.15) is 31.1 Å². The first kappa shape index (κ1) is 17.9. The largest absolute Gasteiger partial charge is 0.311 e. The Balaban J connectivity index is 1.95. The molecular weight excluding hydrogens is 386 g/mol. The van der Waals surface area contributed by atoms with E-state index in [1.807, 2.05) is 18.3 Å². The summed E-state index contributed by atoms with van der Waals surface area (Å²) in [5.41, 5.74) is 2.31. The number of pyridine rings is 1. The Morgan fingerprint density at radius 2 is 1.96 bits per heavy atom. The number of benzene rings is 1. The van der Waals surface area contributed by atoms with Gasteiger partial charge in [-0.1, -0.05) is 37.6 Å². The fourth-order valence-corrected chi connectivity index (χ4v) is 3.61. The van der Waals surface area contributed by atoms with E-state index in [0.29, 0.717) is 12.0 Å². The highest BCUT2D eigenvalue weighted by Crippen LogP contribution is 2.30. The van der Waals surface area contributed by atoms with Crippen LogP contribution in [0.15, 0.2) is 47.1 Å². The Hall–Kier alpha value is -0.940. The van der Waals surface area contributed by atoms with Crippen molar-refractivity contribution in [2.24, 2.45) is 5.92 Å². The lowest BCUT2D eigenvalue weighted by atomic mass is 9.96. The van der Waals surface area contributed by atoms with Crippen molar-refractivity contribution in [3.05, 3.63) is 63.3 Å². The van der Waals surface area contributed by atoms with Crippen molar-refractivity contribution >= 4 is 27.5 Å². The highest BCUT2D eigenvalue weighted by Gasteiger charge is 2.29. The number of piperazine rings is 1. The maximum atomic E-state index is 6.09. The summed E-state index contributed by atoms with van der Waals surface area (Å²) in [6.07, 6.45) is 1.88. The van der Waals surface area contributed by atoms with E-state index < -0.39 is 0 Å². The summed E-state index contributed by atoms with van der Waals surface area (Å²) in [6.45, 7) is 7.58. The smallest absolute Gasteiger partial charge is 0.0777 e. The fraction of sp³-hybridized carbons (Fsp3) is 0.421. The summed E-state index contributed by atoms with van der Waals surface area (Å²) in [6, 6.07) is 13.0. The molecule has 128 valence electrons. The highest BCUT2D eigenvalue weighted by molar-refractivity contribution is 9.10. The maximum absolute atomic E-state index is 6.09. The Labute approximate surface area is 157 Å². The van der Waals surface area contributed by atoms with Gasteiger partial charge in [-0.05, 0) is 51.7 Å². The third-order valence-electron chi connectivity index (χ3n) is 4.62. The summed E-state index contributed by atoms with van der Waals surface area (Å²) >= 11 is 9.57. The lowest BCUT2D eigenvalue weighted by Crippen LogP contribution is -2.53. The molecule has 24 heavy (non-hydrogen) atoms. The van der Waals surface area contributed by atoms with Gasteiger partial charge in [0.15, 0.2) is 0 Å². The molecule has 0 radical (unpaired) electrons. The van der Waals surface area contributed by atoms with Crippen LogP contribution in [0.3, 0.4) is 0 Å². The van der Waals surface area contributed by atoms with Crippen molar-refractivity contribution in [3.63, 3.8) is 0 Å². The SMILES string of the molecule is CC(C)[C@H]1CN(C(c2ccc(Cl)cc2)c2ccc(Br)cn2)CCN1. The van der Waals surface area contributed by atoms with Gasteiger partial charge in [-0.15, -0.1) is 0 Å². The van der Waals surface area contributed by atoms with E-state index in [9.17, 15) is 0 Å². The summed E-state index contributed by atoms with van der Waals surface area (Å²) in [7, 11) is 0. The molecule has 1 aromatic heterocycles. The fourth-order valence-electron chi connectivity index (χ4n) is 3.25. The van der Waals surface area contributed by atoms with Crippen LogP contribution < -0.4 is 5.32 Å². The van der Waals surface area contributed by atoms with Crippen LogP contribution in [0.5, 0.6) is 0 Å². The quantitative estimate of drug-likeness (QED) is 0.806. The van der Waals surface area contributed by atoms with Crippen molar-refractivity contribution in [1.82, 2.24) is 15.2 Å². The second-order valence-electron chi connectivity index (χ2n) is 6.65. The number of hydrogen-bond donors (Lipinski definition) is 1. The molecule has 3 nitrogen and oxygen atoms in total. The maximum Gasteiger partial charge on any atom is 0.0777 e.